The van der Waals surface area contributed by atoms with Crippen molar-refractivity contribution < 1.29 is 9.53 Å². The Bertz CT molecular complexity index is 391. The third kappa shape index (κ3) is 4.65. The van der Waals surface area contributed by atoms with Crippen molar-refractivity contribution in [2.45, 2.75) is 39.0 Å². The summed E-state index contributed by atoms with van der Waals surface area (Å²) in [5, 5.41) is 2.85. The van der Waals surface area contributed by atoms with E-state index in [4.69, 9.17) is 10.5 Å². The van der Waals surface area contributed by atoms with Crippen molar-refractivity contribution in [1.82, 2.24) is 0 Å². The Morgan fingerprint density at radius 1 is 1.33 bits per heavy atom. The number of nitrogens with two attached hydrogens (primary N) is 1. The number of amides is 1. The van der Waals surface area contributed by atoms with E-state index in [0.717, 1.165) is 12.8 Å². The minimum atomic E-state index is 0.0224. The molecule has 18 heavy (non-hydrogen) atoms. The molecular weight excluding hydrogens is 228 g/mol. The number of hydrogen-bond donors (Lipinski definition) is 2. The van der Waals surface area contributed by atoms with Gasteiger partial charge in [0.25, 0.3) is 0 Å². The van der Waals surface area contributed by atoms with Crippen LogP contribution in [0.5, 0.6) is 5.75 Å². The van der Waals surface area contributed by atoms with Gasteiger partial charge < -0.3 is 15.8 Å². The number of unbranched alkanes of at least 4 members (excludes halogenated alkanes) is 3. The van der Waals surface area contributed by atoms with Crippen LogP contribution in [0.3, 0.4) is 0 Å². The Hall–Kier alpha value is -1.71. The van der Waals surface area contributed by atoms with E-state index >= 15 is 0 Å². The number of ether oxygens (including phenoxy) is 1. The highest BCUT2D eigenvalue weighted by molar-refractivity contribution is 5.92. The summed E-state index contributed by atoms with van der Waals surface area (Å²) in [6, 6.07) is 5.21. The molecule has 0 atom stereocenters. The maximum absolute atomic E-state index is 11.7. The van der Waals surface area contributed by atoms with E-state index in [0.29, 0.717) is 23.5 Å². The van der Waals surface area contributed by atoms with Gasteiger partial charge in [-0.1, -0.05) is 26.2 Å². The molecule has 0 aliphatic carbocycles. The van der Waals surface area contributed by atoms with Crippen LogP contribution in [0.2, 0.25) is 0 Å². The predicted molar refractivity (Wildman–Crippen MR) is 74.8 cm³/mol. The first kappa shape index (κ1) is 14.4. The van der Waals surface area contributed by atoms with Crippen molar-refractivity contribution in [3.05, 3.63) is 18.2 Å². The maximum Gasteiger partial charge on any atom is 0.224 e. The van der Waals surface area contributed by atoms with Crippen LogP contribution in [0.4, 0.5) is 11.4 Å². The number of hydrogen-bond acceptors (Lipinski definition) is 3. The Morgan fingerprint density at radius 2 is 2.11 bits per heavy atom. The molecule has 0 aliphatic rings. The molecule has 100 valence electrons. The zero-order valence-corrected chi connectivity index (χ0v) is 11.2. The van der Waals surface area contributed by atoms with Crippen molar-refractivity contribution in [1.29, 1.82) is 0 Å². The lowest BCUT2D eigenvalue weighted by Crippen LogP contribution is -2.12. The van der Waals surface area contributed by atoms with Crippen LogP contribution in [0.15, 0.2) is 18.2 Å². The number of nitrogen functional groups attached to an aromatic ring is 1. The number of carbonyl (C=O) groups excluding carboxylic acids is 1. The molecule has 0 radical (unpaired) electrons. The topological polar surface area (TPSA) is 64.4 Å². The molecule has 0 saturated carbocycles. The van der Waals surface area contributed by atoms with Crippen molar-refractivity contribution in [2.24, 2.45) is 0 Å². The number of carbonyl (C=O) groups is 1. The van der Waals surface area contributed by atoms with Gasteiger partial charge in [-0.3, -0.25) is 4.79 Å². The Kier molecular flexibility index (Phi) is 6.05. The first-order chi connectivity index (χ1) is 8.67. The van der Waals surface area contributed by atoms with E-state index in [1.165, 1.54) is 12.8 Å². The van der Waals surface area contributed by atoms with Gasteiger partial charge in [0.1, 0.15) is 5.75 Å². The number of methoxy groups -OCH3 is 1. The maximum atomic E-state index is 11.7. The van der Waals surface area contributed by atoms with Gasteiger partial charge in [0.2, 0.25) is 5.91 Å². The highest BCUT2D eigenvalue weighted by atomic mass is 16.5. The van der Waals surface area contributed by atoms with E-state index in [9.17, 15) is 4.79 Å². The molecule has 0 fully saturated rings. The molecular formula is C14H22N2O2. The lowest BCUT2D eigenvalue weighted by Gasteiger charge is -2.10. The highest BCUT2D eigenvalue weighted by Gasteiger charge is 2.07. The van der Waals surface area contributed by atoms with Gasteiger partial charge in [-0.25, -0.2) is 0 Å². The van der Waals surface area contributed by atoms with E-state index < -0.39 is 0 Å². The van der Waals surface area contributed by atoms with Crippen molar-refractivity contribution in [3.63, 3.8) is 0 Å². The average Bonchev–Trinajstić information content (AvgIpc) is 2.37. The molecule has 0 unspecified atom stereocenters. The summed E-state index contributed by atoms with van der Waals surface area (Å²) >= 11 is 0. The molecule has 4 heteroatoms. The van der Waals surface area contributed by atoms with E-state index in [-0.39, 0.29) is 5.91 Å². The smallest absolute Gasteiger partial charge is 0.224 e. The second kappa shape index (κ2) is 7.58. The summed E-state index contributed by atoms with van der Waals surface area (Å²) in [5.74, 6) is 0.617. The molecule has 0 aromatic heterocycles. The summed E-state index contributed by atoms with van der Waals surface area (Å²) in [7, 11) is 1.56. The summed E-state index contributed by atoms with van der Waals surface area (Å²) < 4.78 is 5.18. The quantitative estimate of drug-likeness (QED) is 0.577. The summed E-state index contributed by atoms with van der Waals surface area (Å²) in [4.78, 5) is 11.7. The van der Waals surface area contributed by atoms with Crippen molar-refractivity contribution in [2.75, 3.05) is 18.2 Å². The van der Waals surface area contributed by atoms with Crippen LogP contribution < -0.4 is 15.8 Å². The molecule has 0 saturated heterocycles. The molecule has 0 heterocycles. The molecule has 1 aromatic rings. The SMILES string of the molecule is CCCCCCC(=O)Nc1ccc(N)cc1OC. The number of benzene rings is 1. The van der Waals surface area contributed by atoms with Crippen LogP contribution in [0, 0.1) is 0 Å². The highest BCUT2D eigenvalue weighted by Crippen LogP contribution is 2.26. The molecule has 1 aromatic carbocycles. The largest absolute Gasteiger partial charge is 0.494 e. The zero-order chi connectivity index (χ0) is 13.4. The molecule has 1 rings (SSSR count). The van der Waals surface area contributed by atoms with Gasteiger partial charge in [0.15, 0.2) is 0 Å². The molecule has 0 aliphatic heterocycles. The zero-order valence-electron chi connectivity index (χ0n) is 11.2. The van der Waals surface area contributed by atoms with E-state index in [1.54, 1.807) is 25.3 Å². The third-order valence-corrected chi connectivity index (χ3v) is 2.76. The second-order valence-corrected chi connectivity index (χ2v) is 4.32. The van der Waals surface area contributed by atoms with Gasteiger partial charge in [-0.05, 0) is 18.6 Å². The Labute approximate surface area is 109 Å². The van der Waals surface area contributed by atoms with Crippen LogP contribution >= 0.6 is 0 Å². The second-order valence-electron chi connectivity index (χ2n) is 4.32. The summed E-state index contributed by atoms with van der Waals surface area (Å²) in [6.07, 6.45) is 4.93. The van der Waals surface area contributed by atoms with Crippen LogP contribution in [-0.2, 0) is 4.79 Å². The normalized spacial score (nSPS) is 10.1. The van der Waals surface area contributed by atoms with Crippen molar-refractivity contribution in [3.8, 4) is 5.75 Å². The average molecular weight is 250 g/mol. The van der Waals surface area contributed by atoms with Gasteiger partial charge in [0, 0.05) is 18.2 Å². The standard InChI is InChI=1S/C14H22N2O2/c1-3-4-5-6-7-14(17)16-12-9-8-11(15)10-13(12)18-2/h8-10H,3-7,15H2,1-2H3,(H,16,17). The molecule has 0 bridgehead atoms. The van der Waals surface area contributed by atoms with Crippen molar-refractivity contribution >= 4 is 17.3 Å². The van der Waals surface area contributed by atoms with Crippen LogP contribution in [-0.4, -0.2) is 13.0 Å². The van der Waals surface area contributed by atoms with Gasteiger partial charge in [0.05, 0.1) is 12.8 Å². The molecule has 1 amide bonds. The predicted octanol–water partition coefficient (Wildman–Crippen LogP) is 3.19. The summed E-state index contributed by atoms with van der Waals surface area (Å²) in [5.41, 5.74) is 6.95. The Balaban J connectivity index is 2.48. The first-order valence-electron chi connectivity index (χ1n) is 6.40. The number of nitrogens with one attached hydrogen (secondary N) is 1. The Morgan fingerprint density at radius 3 is 2.78 bits per heavy atom. The third-order valence-electron chi connectivity index (χ3n) is 2.76. The van der Waals surface area contributed by atoms with E-state index in [1.807, 2.05) is 0 Å². The molecule has 4 nitrogen and oxygen atoms in total. The van der Waals surface area contributed by atoms with Crippen LogP contribution in [0.25, 0.3) is 0 Å². The minimum Gasteiger partial charge on any atom is -0.494 e. The first-order valence-corrected chi connectivity index (χ1v) is 6.40. The van der Waals surface area contributed by atoms with Gasteiger partial charge >= 0.3 is 0 Å². The fraction of sp³-hybridized carbons (Fsp3) is 0.500. The van der Waals surface area contributed by atoms with Crippen LogP contribution in [0.1, 0.15) is 39.0 Å². The molecule has 0 spiro atoms. The van der Waals surface area contributed by atoms with Gasteiger partial charge in [-0.15, -0.1) is 0 Å². The lowest BCUT2D eigenvalue weighted by molar-refractivity contribution is -0.116. The number of rotatable bonds is 7. The fourth-order valence-electron chi connectivity index (χ4n) is 1.74. The molecule has 3 N–H and O–H groups in total. The summed E-state index contributed by atoms with van der Waals surface area (Å²) in [6.45, 7) is 2.15. The number of anilines is 2. The monoisotopic (exact) mass is 250 g/mol. The lowest BCUT2D eigenvalue weighted by atomic mass is 10.1. The minimum absolute atomic E-state index is 0.0224. The van der Waals surface area contributed by atoms with Gasteiger partial charge in [-0.2, -0.15) is 0 Å². The fourth-order valence-corrected chi connectivity index (χ4v) is 1.74. The van der Waals surface area contributed by atoms with E-state index in [2.05, 4.69) is 12.2 Å².